The molecule has 3 rings (SSSR count). The molecule has 3 heterocycles. The lowest BCUT2D eigenvalue weighted by molar-refractivity contribution is -0.172. The molecule has 0 saturated carbocycles. The van der Waals surface area contributed by atoms with Gasteiger partial charge < -0.3 is 10.2 Å². The van der Waals surface area contributed by atoms with Gasteiger partial charge in [-0.2, -0.15) is 45.7 Å². The van der Waals surface area contributed by atoms with Gasteiger partial charge >= 0.3 is 18.0 Å². The van der Waals surface area contributed by atoms with Crippen LogP contribution < -0.4 is 10.2 Å². The molecule has 0 aromatic carbocycles. The van der Waals surface area contributed by atoms with Crippen molar-refractivity contribution in [3.8, 4) is 0 Å². The largest absolute Gasteiger partial charge is 0.433 e. The summed E-state index contributed by atoms with van der Waals surface area (Å²) in [5.74, 6) is -9.58. The Morgan fingerprint density at radius 3 is 2.26 bits per heavy atom. The van der Waals surface area contributed by atoms with Crippen LogP contribution >= 0.6 is 11.6 Å². The predicted molar refractivity (Wildman–Crippen MR) is 79.5 cm³/mol. The number of pyridine rings is 1. The summed E-state index contributed by atoms with van der Waals surface area (Å²) >= 11 is 5.64. The molecule has 1 aliphatic rings. The minimum absolute atomic E-state index is 0.136. The lowest BCUT2D eigenvalue weighted by Gasteiger charge is -2.15. The van der Waals surface area contributed by atoms with E-state index in [-0.39, 0.29) is 5.69 Å². The maximum absolute atomic E-state index is 13.3. The Morgan fingerprint density at radius 1 is 1.04 bits per heavy atom. The number of nitrogens with zero attached hydrogens (tertiary/aromatic N) is 5. The first kappa shape index (κ1) is 19.3. The van der Waals surface area contributed by atoms with Gasteiger partial charge in [0.25, 0.3) is 0 Å². The van der Waals surface area contributed by atoms with Crippen LogP contribution in [0, 0.1) is 0 Å². The number of hydrogen-bond donors (Lipinski definition) is 1. The van der Waals surface area contributed by atoms with Crippen molar-refractivity contribution < 1.29 is 30.7 Å². The van der Waals surface area contributed by atoms with Crippen molar-refractivity contribution >= 4 is 29.2 Å². The summed E-state index contributed by atoms with van der Waals surface area (Å²) in [4.78, 5) is 14.5. The highest BCUT2D eigenvalue weighted by molar-refractivity contribution is 6.28. The van der Waals surface area contributed by atoms with Crippen molar-refractivity contribution in [3.63, 3.8) is 0 Å². The van der Waals surface area contributed by atoms with Crippen LogP contribution in [0.15, 0.2) is 18.3 Å². The summed E-state index contributed by atoms with van der Waals surface area (Å²) in [5.41, 5.74) is -1.34. The number of aromatic nitrogens is 4. The van der Waals surface area contributed by atoms with Crippen LogP contribution in [0.2, 0.25) is 5.28 Å². The first-order chi connectivity index (χ1) is 12.4. The summed E-state index contributed by atoms with van der Waals surface area (Å²) in [7, 11) is 0. The number of rotatable bonds is 3. The van der Waals surface area contributed by atoms with Crippen molar-refractivity contribution in [1.29, 1.82) is 0 Å². The molecule has 1 fully saturated rings. The molecular weight excluding hydrogens is 409 g/mol. The third-order valence-electron chi connectivity index (χ3n) is 3.50. The molecule has 1 N–H and O–H groups in total. The second-order valence-corrected chi connectivity index (χ2v) is 5.88. The molecule has 0 amide bonds. The van der Waals surface area contributed by atoms with E-state index in [0.29, 0.717) is 11.0 Å². The molecule has 0 unspecified atom stereocenters. The van der Waals surface area contributed by atoms with E-state index in [9.17, 15) is 30.7 Å². The van der Waals surface area contributed by atoms with Crippen molar-refractivity contribution in [2.45, 2.75) is 18.0 Å². The Labute approximate surface area is 151 Å². The molecule has 6 nitrogen and oxygen atoms in total. The van der Waals surface area contributed by atoms with E-state index in [2.05, 4.69) is 25.3 Å². The predicted octanol–water partition coefficient (Wildman–Crippen LogP) is 3.77. The SMILES string of the molecule is FC(F)(F)c1cc(Nc2nc(Cl)nc(N3CC(F)(F)C(F)(F)C3)n2)ccn1. The Hall–Kier alpha value is -2.44. The Morgan fingerprint density at radius 2 is 1.67 bits per heavy atom. The summed E-state index contributed by atoms with van der Waals surface area (Å²) < 4.78 is 91.4. The van der Waals surface area contributed by atoms with Gasteiger partial charge in [-0.15, -0.1) is 0 Å². The molecule has 1 saturated heterocycles. The van der Waals surface area contributed by atoms with E-state index < -0.39 is 54.0 Å². The highest BCUT2D eigenvalue weighted by Gasteiger charge is 2.63. The molecule has 2 aromatic heterocycles. The van der Waals surface area contributed by atoms with Gasteiger partial charge in [0, 0.05) is 11.9 Å². The van der Waals surface area contributed by atoms with Crippen LogP contribution in [0.3, 0.4) is 0 Å². The van der Waals surface area contributed by atoms with Gasteiger partial charge in [0.15, 0.2) is 0 Å². The Kier molecular flexibility index (Phi) is 4.52. The van der Waals surface area contributed by atoms with Gasteiger partial charge in [0.05, 0.1) is 13.1 Å². The van der Waals surface area contributed by atoms with Gasteiger partial charge in [-0.25, -0.2) is 0 Å². The van der Waals surface area contributed by atoms with Gasteiger partial charge in [0.2, 0.25) is 17.2 Å². The molecule has 0 atom stereocenters. The van der Waals surface area contributed by atoms with E-state index in [0.717, 1.165) is 12.3 Å². The quantitative estimate of drug-likeness (QED) is 0.768. The average molecular weight is 417 g/mol. The smallest absolute Gasteiger partial charge is 0.328 e. The number of nitrogens with one attached hydrogen (secondary N) is 1. The molecule has 2 aromatic rings. The lowest BCUT2D eigenvalue weighted by Crippen LogP contribution is -2.38. The fourth-order valence-corrected chi connectivity index (χ4v) is 2.39. The minimum atomic E-state index is -4.70. The first-order valence-electron chi connectivity index (χ1n) is 7.10. The molecule has 0 aliphatic carbocycles. The van der Waals surface area contributed by atoms with Crippen LogP contribution in [0.25, 0.3) is 0 Å². The van der Waals surface area contributed by atoms with Crippen LogP contribution in [-0.2, 0) is 6.18 Å². The van der Waals surface area contributed by atoms with Crippen molar-refractivity contribution in [1.82, 2.24) is 19.9 Å². The molecule has 146 valence electrons. The standard InChI is InChI=1S/C13H8ClF7N6/c14-8-24-9(23-6-1-2-22-7(3-6)13(19,20)21)26-10(25-8)27-4-11(15,16)12(17,18)5-27/h1-3H,4-5H2,(H,22,23,24,25,26). The Bertz CT molecular complexity index is 843. The van der Waals surface area contributed by atoms with Crippen LogP contribution in [0.1, 0.15) is 5.69 Å². The number of anilines is 3. The molecular formula is C13H8ClF7N6. The zero-order chi connectivity index (χ0) is 20.0. The highest BCUT2D eigenvalue weighted by atomic mass is 35.5. The summed E-state index contributed by atoms with van der Waals surface area (Å²) in [6.07, 6.45) is -3.83. The van der Waals surface area contributed by atoms with Crippen LogP contribution in [0.4, 0.5) is 48.3 Å². The molecule has 27 heavy (non-hydrogen) atoms. The maximum Gasteiger partial charge on any atom is 0.433 e. The second kappa shape index (κ2) is 6.32. The van der Waals surface area contributed by atoms with Crippen molar-refractivity contribution in [3.05, 3.63) is 29.3 Å². The minimum Gasteiger partial charge on any atom is -0.328 e. The molecule has 0 spiro atoms. The number of hydrogen-bond acceptors (Lipinski definition) is 6. The summed E-state index contributed by atoms with van der Waals surface area (Å²) in [6, 6.07) is 1.81. The van der Waals surface area contributed by atoms with Gasteiger partial charge in [-0.1, -0.05) is 0 Å². The van der Waals surface area contributed by atoms with Crippen LogP contribution in [-0.4, -0.2) is 44.9 Å². The Balaban J connectivity index is 1.87. The molecule has 14 heteroatoms. The molecule has 0 radical (unpaired) electrons. The van der Waals surface area contributed by atoms with Gasteiger partial charge in [0.1, 0.15) is 5.69 Å². The first-order valence-corrected chi connectivity index (χ1v) is 7.48. The van der Waals surface area contributed by atoms with E-state index >= 15 is 0 Å². The monoisotopic (exact) mass is 416 g/mol. The van der Waals surface area contributed by atoms with Crippen LogP contribution in [0.5, 0.6) is 0 Å². The van der Waals surface area contributed by atoms with Crippen molar-refractivity contribution in [2.75, 3.05) is 23.3 Å². The lowest BCUT2D eigenvalue weighted by atomic mass is 10.2. The normalized spacial score (nSPS) is 18.6. The molecule has 0 bridgehead atoms. The zero-order valence-corrected chi connectivity index (χ0v) is 13.7. The van der Waals surface area contributed by atoms with Gasteiger partial charge in [-0.3, -0.25) is 4.98 Å². The van der Waals surface area contributed by atoms with E-state index in [1.165, 1.54) is 0 Å². The van der Waals surface area contributed by atoms with Crippen molar-refractivity contribution in [2.24, 2.45) is 0 Å². The van der Waals surface area contributed by atoms with E-state index in [1.807, 2.05) is 0 Å². The number of halogens is 8. The highest BCUT2D eigenvalue weighted by Crippen LogP contribution is 2.42. The van der Waals surface area contributed by atoms with E-state index in [4.69, 9.17) is 11.6 Å². The molecule has 1 aliphatic heterocycles. The maximum atomic E-state index is 13.3. The zero-order valence-electron chi connectivity index (χ0n) is 12.9. The topological polar surface area (TPSA) is 66.8 Å². The summed E-state index contributed by atoms with van der Waals surface area (Å²) in [5, 5.41) is 1.85. The third kappa shape index (κ3) is 3.96. The summed E-state index contributed by atoms with van der Waals surface area (Å²) in [6.45, 7) is -2.71. The third-order valence-corrected chi connectivity index (χ3v) is 3.67. The second-order valence-electron chi connectivity index (χ2n) is 5.55. The van der Waals surface area contributed by atoms with E-state index in [1.54, 1.807) is 0 Å². The number of alkyl halides is 7. The fourth-order valence-electron chi connectivity index (χ4n) is 2.24. The van der Waals surface area contributed by atoms with Gasteiger partial charge in [-0.05, 0) is 23.7 Å². The average Bonchev–Trinajstić information content (AvgIpc) is 2.74. The fraction of sp³-hybridized carbons (Fsp3) is 0.385.